The van der Waals surface area contributed by atoms with E-state index < -0.39 is 0 Å². The molecule has 0 aliphatic carbocycles. The van der Waals surface area contributed by atoms with Crippen LogP contribution in [-0.2, 0) is 11.3 Å². The second-order valence-electron chi connectivity index (χ2n) is 7.66. The van der Waals surface area contributed by atoms with Crippen LogP contribution in [0.4, 0.5) is 11.4 Å². The highest BCUT2D eigenvalue weighted by atomic mass is 32.1. The third kappa shape index (κ3) is 4.45. The van der Waals surface area contributed by atoms with Crippen LogP contribution in [0.1, 0.15) is 26.4 Å². The molecule has 32 heavy (non-hydrogen) atoms. The molecule has 4 aromatic rings. The van der Waals surface area contributed by atoms with Gasteiger partial charge < -0.3 is 10.6 Å². The van der Waals surface area contributed by atoms with Gasteiger partial charge >= 0.3 is 0 Å². The predicted octanol–water partition coefficient (Wildman–Crippen LogP) is 4.27. The maximum absolute atomic E-state index is 13.1. The lowest BCUT2D eigenvalue weighted by atomic mass is 10.1. The molecule has 2 aromatic heterocycles. The smallest absolute Gasteiger partial charge is 0.266 e. The Morgan fingerprint density at radius 3 is 2.34 bits per heavy atom. The molecule has 4 rings (SSSR count). The minimum absolute atomic E-state index is 0.171. The number of para-hydroxylation sites is 1. The molecular formula is C24H22N4O3S. The van der Waals surface area contributed by atoms with Gasteiger partial charge in [0.05, 0.1) is 16.6 Å². The van der Waals surface area contributed by atoms with E-state index in [2.05, 4.69) is 15.6 Å². The van der Waals surface area contributed by atoms with Crippen LogP contribution in [0, 0.1) is 20.8 Å². The number of aromatic nitrogens is 2. The van der Waals surface area contributed by atoms with Crippen molar-refractivity contribution in [2.75, 3.05) is 10.6 Å². The van der Waals surface area contributed by atoms with E-state index in [1.165, 1.54) is 10.9 Å². The first-order valence-corrected chi connectivity index (χ1v) is 10.9. The minimum Gasteiger partial charge on any atom is -0.325 e. The van der Waals surface area contributed by atoms with Crippen LogP contribution in [0.2, 0.25) is 0 Å². The molecule has 0 unspecified atom stereocenters. The number of fused-ring (bicyclic) bond motifs is 1. The third-order valence-corrected chi connectivity index (χ3v) is 6.17. The average molecular weight is 447 g/mol. The van der Waals surface area contributed by atoms with E-state index in [1.807, 2.05) is 50.2 Å². The molecule has 8 heteroatoms. The van der Waals surface area contributed by atoms with Gasteiger partial charge in [0.1, 0.15) is 11.4 Å². The number of aryl methyl sites for hydroxylation is 3. The fraction of sp³-hybridized carbons (Fsp3) is 0.167. The molecule has 2 heterocycles. The van der Waals surface area contributed by atoms with Gasteiger partial charge in [0.2, 0.25) is 5.91 Å². The molecule has 162 valence electrons. The number of hydrogen-bond acceptors (Lipinski definition) is 5. The van der Waals surface area contributed by atoms with Crippen LogP contribution in [0.5, 0.6) is 0 Å². The highest BCUT2D eigenvalue weighted by Crippen LogP contribution is 2.27. The van der Waals surface area contributed by atoms with Gasteiger partial charge in [-0.05, 0) is 61.7 Å². The van der Waals surface area contributed by atoms with Crippen molar-refractivity contribution in [1.82, 2.24) is 9.55 Å². The zero-order valence-electron chi connectivity index (χ0n) is 17.9. The quantitative estimate of drug-likeness (QED) is 0.479. The van der Waals surface area contributed by atoms with Crippen LogP contribution >= 0.6 is 11.3 Å². The lowest BCUT2D eigenvalue weighted by Crippen LogP contribution is -2.28. The van der Waals surface area contributed by atoms with Gasteiger partial charge in [-0.2, -0.15) is 0 Å². The van der Waals surface area contributed by atoms with Crippen LogP contribution in [0.15, 0.2) is 59.7 Å². The van der Waals surface area contributed by atoms with Crippen LogP contribution in [-0.4, -0.2) is 21.4 Å². The lowest BCUT2D eigenvalue weighted by molar-refractivity contribution is -0.116. The number of anilines is 2. The third-order valence-electron chi connectivity index (χ3n) is 4.97. The first-order chi connectivity index (χ1) is 15.3. The van der Waals surface area contributed by atoms with E-state index >= 15 is 0 Å². The van der Waals surface area contributed by atoms with Crippen LogP contribution < -0.4 is 16.2 Å². The Hall–Kier alpha value is -3.78. The van der Waals surface area contributed by atoms with Crippen molar-refractivity contribution in [3.05, 3.63) is 86.8 Å². The van der Waals surface area contributed by atoms with Gasteiger partial charge in [-0.25, -0.2) is 4.98 Å². The van der Waals surface area contributed by atoms with E-state index in [0.29, 0.717) is 32.0 Å². The number of amides is 2. The second-order valence-corrected chi connectivity index (χ2v) is 8.66. The van der Waals surface area contributed by atoms with Crippen molar-refractivity contribution in [2.45, 2.75) is 27.3 Å². The van der Waals surface area contributed by atoms with E-state index in [-0.39, 0.29) is 23.9 Å². The number of carbonyl (C=O) groups is 2. The molecule has 0 saturated heterocycles. The second kappa shape index (κ2) is 8.76. The Labute approximate surface area is 188 Å². The Bertz CT molecular complexity index is 1370. The molecule has 0 saturated carbocycles. The number of thiophene rings is 1. The molecular weight excluding hydrogens is 424 g/mol. The van der Waals surface area contributed by atoms with Crippen LogP contribution in [0.3, 0.4) is 0 Å². The summed E-state index contributed by atoms with van der Waals surface area (Å²) in [7, 11) is 0. The molecule has 0 radical (unpaired) electrons. The Morgan fingerprint density at radius 2 is 1.66 bits per heavy atom. The topological polar surface area (TPSA) is 93.1 Å². The molecule has 0 spiro atoms. The zero-order chi connectivity index (χ0) is 22.8. The number of carbonyl (C=O) groups excluding carboxylic acids is 2. The van der Waals surface area contributed by atoms with Crippen LogP contribution in [0.25, 0.3) is 10.2 Å². The van der Waals surface area contributed by atoms with Crippen molar-refractivity contribution in [3.63, 3.8) is 0 Å². The molecule has 7 nitrogen and oxygen atoms in total. The highest BCUT2D eigenvalue weighted by Gasteiger charge is 2.20. The molecule has 2 amide bonds. The minimum atomic E-state index is -0.349. The molecule has 0 aliphatic rings. The van der Waals surface area contributed by atoms with Gasteiger partial charge in [-0.3, -0.25) is 19.0 Å². The fourth-order valence-electron chi connectivity index (χ4n) is 3.60. The monoisotopic (exact) mass is 446 g/mol. The first-order valence-electron chi connectivity index (χ1n) is 10.0. The Kier molecular flexibility index (Phi) is 5.87. The van der Waals surface area contributed by atoms with Crippen molar-refractivity contribution < 1.29 is 9.59 Å². The maximum Gasteiger partial charge on any atom is 0.266 e. The summed E-state index contributed by atoms with van der Waals surface area (Å²) in [6.45, 7) is 5.46. The first kappa shape index (κ1) is 21.5. The van der Waals surface area contributed by atoms with Crippen molar-refractivity contribution in [2.24, 2.45) is 0 Å². The number of nitrogens with zero attached hydrogens (tertiary/aromatic N) is 2. The molecule has 2 N–H and O–H groups in total. The summed E-state index contributed by atoms with van der Waals surface area (Å²) in [6.07, 6.45) is 1.35. The summed E-state index contributed by atoms with van der Waals surface area (Å²) < 4.78 is 1.26. The highest BCUT2D eigenvalue weighted by molar-refractivity contribution is 7.20. The van der Waals surface area contributed by atoms with Crippen molar-refractivity contribution in [3.8, 4) is 0 Å². The van der Waals surface area contributed by atoms with E-state index in [0.717, 1.165) is 22.5 Å². The zero-order valence-corrected chi connectivity index (χ0v) is 18.7. The van der Waals surface area contributed by atoms with Gasteiger partial charge in [-0.1, -0.05) is 24.3 Å². The lowest BCUT2D eigenvalue weighted by Gasteiger charge is -2.09. The van der Waals surface area contributed by atoms with E-state index in [4.69, 9.17) is 0 Å². The summed E-state index contributed by atoms with van der Waals surface area (Å²) in [5.41, 5.74) is 3.63. The standard InChI is InChI=1S/C24H22N4O3S/c1-14-9-15(2)11-18(10-14)26-19(29)12-28-13-25-23-20(24(28)31)16(3)21(32-23)22(30)27-17-7-5-4-6-8-17/h4-11,13H,12H2,1-3H3,(H,26,29)(H,27,30). The van der Waals surface area contributed by atoms with Crippen molar-refractivity contribution >= 4 is 44.7 Å². The Morgan fingerprint density at radius 1 is 0.969 bits per heavy atom. The van der Waals surface area contributed by atoms with E-state index in [9.17, 15) is 14.4 Å². The molecule has 0 aliphatic heterocycles. The largest absolute Gasteiger partial charge is 0.325 e. The van der Waals surface area contributed by atoms with Gasteiger partial charge in [0.15, 0.2) is 0 Å². The average Bonchev–Trinajstić information content (AvgIpc) is 3.07. The number of nitrogens with one attached hydrogen (secondary N) is 2. The normalized spacial score (nSPS) is 10.8. The fourth-order valence-corrected chi connectivity index (χ4v) is 4.63. The number of benzene rings is 2. The van der Waals surface area contributed by atoms with Gasteiger partial charge in [0, 0.05) is 11.4 Å². The number of rotatable bonds is 5. The molecule has 2 aromatic carbocycles. The maximum atomic E-state index is 13.1. The van der Waals surface area contributed by atoms with Gasteiger partial charge in [-0.15, -0.1) is 11.3 Å². The molecule has 0 atom stereocenters. The predicted molar refractivity (Wildman–Crippen MR) is 128 cm³/mol. The summed E-state index contributed by atoms with van der Waals surface area (Å²) in [5.74, 6) is -0.622. The Balaban J connectivity index is 1.58. The summed E-state index contributed by atoms with van der Waals surface area (Å²) in [6, 6.07) is 14.9. The molecule has 0 fully saturated rings. The summed E-state index contributed by atoms with van der Waals surface area (Å²) in [4.78, 5) is 43.5. The van der Waals surface area contributed by atoms with Crippen molar-refractivity contribution in [1.29, 1.82) is 0 Å². The SMILES string of the molecule is Cc1cc(C)cc(NC(=O)Cn2cnc3sc(C(=O)Nc4ccccc4)c(C)c3c2=O)c1. The summed E-state index contributed by atoms with van der Waals surface area (Å²) in [5, 5.41) is 6.01. The molecule has 0 bridgehead atoms. The summed E-state index contributed by atoms with van der Waals surface area (Å²) >= 11 is 1.16. The number of hydrogen-bond donors (Lipinski definition) is 2. The van der Waals surface area contributed by atoms with E-state index in [1.54, 1.807) is 19.1 Å². The van der Waals surface area contributed by atoms with Gasteiger partial charge in [0.25, 0.3) is 11.5 Å².